The molecule has 9 nitrogen and oxygen atoms in total. The highest BCUT2D eigenvalue weighted by atomic mass is 32.2. The molecule has 0 aliphatic carbocycles. The van der Waals surface area contributed by atoms with Gasteiger partial charge in [-0.05, 0) is 29.6 Å². The zero-order valence-electron chi connectivity index (χ0n) is 17.5. The van der Waals surface area contributed by atoms with E-state index in [2.05, 4.69) is 0 Å². The lowest BCUT2D eigenvalue weighted by Gasteiger charge is -2.33. The number of nitro groups is 1. The normalized spacial score (nSPS) is 14.7. The molecule has 1 aliphatic heterocycles. The van der Waals surface area contributed by atoms with E-state index < -0.39 is 14.9 Å². The quantitative estimate of drug-likeness (QED) is 0.373. The van der Waals surface area contributed by atoms with Crippen LogP contribution in [0, 0.1) is 10.1 Å². The SMILES string of the molecule is O=C(c1cc(COc2ccccc2[N+](=O)[O-])cs1)N1CCN(S(=O)(=O)c2ccccc2)CC1. The van der Waals surface area contributed by atoms with Crippen LogP contribution < -0.4 is 4.74 Å². The first-order valence-corrected chi connectivity index (χ1v) is 12.5. The number of ether oxygens (including phenoxy) is 1. The van der Waals surface area contributed by atoms with Crippen molar-refractivity contribution in [2.75, 3.05) is 26.2 Å². The minimum absolute atomic E-state index is 0.0950. The predicted molar refractivity (Wildman–Crippen MR) is 123 cm³/mol. The Bertz CT molecular complexity index is 1250. The molecule has 2 aromatic carbocycles. The van der Waals surface area contributed by atoms with Gasteiger partial charge in [0.05, 0.1) is 14.7 Å². The van der Waals surface area contributed by atoms with Crippen LogP contribution in [-0.4, -0.2) is 54.6 Å². The maximum Gasteiger partial charge on any atom is 0.310 e. The van der Waals surface area contributed by atoms with E-state index in [9.17, 15) is 23.3 Å². The summed E-state index contributed by atoms with van der Waals surface area (Å²) in [5.74, 6) is -0.00831. The Morgan fingerprint density at radius 2 is 1.70 bits per heavy atom. The van der Waals surface area contributed by atoms with Crippen molar-refractivity contribution in [1.82, 2.24) is 9.21 Å². The van der Waals surface area contributed by atoms with Crippen molar-refractivity contribution < 1.29 is 22.9 Å². The molecule has 3 aromatic rings. The molecule has 33 heavy (non-hydrogen) atoms. The molecule has 11 heteroatoms. The van der Waals surface area contributed by atoms with Gasteiger partial charge in [-0.15, -0.1) is 11.3 Å². The number of para-hydroxylation sites is 2. The zero-order chi connectivity index (χ0) is 23.4. The number of piperazine rings is 1. The maximum atomic E-state index is 12.9. The highest BCUT2D eigenvalue weighted by molar-refractivity contribution is 7.89. The number of carbonyl (C=O) groups excluding carboxylic acids is 1. The lowest BCUT2D eigenvalue weighted by atomic mass is 10.2. The van der Waals surface area contributed by atoms with Crippen LogP contribution in [0.2, 0.25) is 0 Å². The molecule has 0 unspecified atom stereocenters. The molecule has 0 radical (unpaired) electrons. The molecule has 4 rings (SSSR count). The fraction of sp³-hybridized carbons (Fsp3) is 0.227. The number of nitro benzene ring substituents is 1. The first-order valence-electron chi connectivity index (χ1n) is 10.1. The molecule has 172 valence electrons. The van der Waals surface area contributed by atoms with Gasteiger partial charge in [0.1, 0.15) is 6.61 Å². The zero-order valence-corrected chi connectivity index (χ0v) is 19.1. The van der Waals surface area contributed by atoms with E-state index in [1.54, 1.807) is 58.8 Å². The lowest BCUT2D eigenvalue weighted by molar-refractivity contribution is -0.385. The summed E-state index contributed by atoms with van der Waals surface area (Å²) in [5, 5.41) is 12.9. The van der Waals surface area contributed by atoms with E-state index in [4.69, 9.17) is 4.74 Å². The summed E-state index contributed by atoms with van der Waals surface area (Å²) in [6, 6.07) is 16.1. The third-order valence-corrected chi connectivity index (χ3v) is 8.11. The minimum atomic E-state index is -3.58. The van der Waals surface area contributed by atoms with Gasteiger partial charge in [0.25, 0.3) is 5.91 Å². The van der Waals surface area contributed by atoms with Gasteiger partial charge in [0.15, 0.2) is 5.75 Å². The Morgan fingerprint density at radius 1 is 1.03 bits per heavy atom. The van der Waals surface area contributed by atoms with Gasteiger partial charge in [0, 0.05) is 37.8 Å². The van der Waals surface area contributed by atoms with Crippen LogP contribution in [0.4, 0.5) is 5.69 Å². The third kappa shape index (κ3) is 5.05. The molecule has 1 aromatic heterocycles. The molecular weight excluding hydrogens is 466 g/mol. The van der Waals surface area contributed by atoms with E-state index in [1.807, 2.05) is 0 Å². The Kier molecular flexibility index (Phi) is 6.72. The van der Waals surface area contributed by atoms with Crippen LogP contribution in [0.15, 0.2) is 70.9 Å². The third-order valence-electron chi connectivity index (χ3n) is 5.23. The fourth-order valence-electron chi connectivity index (χ4n) is 3.48. The number of nitrogens with zero attached hydrogens (tertiary/aromatic N) is 3. The molecule has 1 amide bonds. The monoisotopic (exact) mass is 487 g/mol. The molecule has 0 N–H and O–H groups in total. The van der Waals surface area contributed by atoms with Crippen molar-refractivity contribution in [3.05, 3.63) is 86.6 Å². The Labute approximate surface area is 195 Å². The number of sulfonamides is 1. The van der Waals surface area contributed by atoms with E-state index in [1.165, 1.54) is 27.8 Å². The average molecular weight is 488 g/mol. The highest BCUT2D eigenvalue weighted by Gasteiger charge is 2.30. The van der Waals surface area contributed by atoms with Crippen LogP contribution in [0.1, 0.15) is 15.2 Å². The first-order chi connectivity index (χ1) is 15.9. The Morgan fingerprint density at radius 3 is 2.39 bits per heavy atom. The fourth-order valence-corrected chi connectivity index (χ4v) is 5.79. The van der Waals surface area contributed by atoms with Crippen LogP contribution in [-0.2, 0) is 16.6 Å². The first kappa shape index (κ1) is 22.9. The molecule has 1 aliphatic rings. The number of hydrogen-bond acceptors (Lipinski definition) is 7. The van der Waals surface area contributed by atoms with E-state index >= 15 is 0 Å². The van der Waals surface area contributed by atoms with Gasteiger partial charge in [-0.1, -0.05) is 30.3 Å². The van der Waals surface area contributed by atoms with Crippen LogP contribution in [0.5, 0.6) is 5.75 Å². The average Bonchev–Trinajstić information content (AvgIpc) is 3.32. The van der Waals surface area contributed by atoms with Crippen molar-refractivity contribution >= 4 is 33.0 Å². The summed E-state index contributed by atoms with van der Waals surface area (Å²) in [4.78, 5) is 25.9. The second-order valence-electron chi connectivity index (χ2n) is 7.34. The molecular formula is C22H21N3O6S2. The largest absolute Gasteiger partial charge is 0.482 e. The molecule has 1 fully saturated rings. The number of amides is 1. The summed E-state index contributed by atoms with van der Waals surface area (Å²) in [6.45, 7) is 1.14. The van der Waals surface area contributed by atoms with Gasteiger partial charge in [0.2, 0.25) is 10.0 Å². The second kappa shape index (κ2) is 9.69. The number of thiophene rings is 1. The Balaban J connectivity index is 1.35. The smallest absolute Gasteiger partial charge is 0.310 e. The van der Waals surface area contributed by atoms with Gasteiger partial charge < -0.3 is 9.64 Å². The topological polar surface area (TPSA) is 110 Å². The highest BCUT2D eigenvalue weighted by Crippen LogP contribution is 2.27. The van der Waals surface area contributed by atoms with Crippen molar-refractivity contribution in [1.29, 1.82) is 0 Å². The molecule has 1 saturated heterocycles. The standard InChI is InChI=1S/C22H21N3O6S2/c26-22(23-10-12-24(13-11-23)33(29,30)18-6-2-1-3-7-18)21-14-17(16-32-21)15-31-20-9-5-4-8-19(20)25(27)28/h1-9,14,16H,10-13,15H2. The van der Waals surface area contributed by atoms with Crippen LogP contribution in [0.25, 0.3) is 0 Å². The number of rotatable bonds is 7. The van der Waals surface area contributed by atoms with E-state index in [0.717, 1.165) is 5.56 Å². The summed E-state index contributed by atoms with van der Waals surface area (Å²) in [5.41, 5.74) is 0.610. The molecule has 0 atom stereocenters. The second-order valence-corrected chi connectivity index (χ2v) is 10.2. The summed E-state index contributed by atoms with van der Waals surface area (Å²) in [6.07, 6.45) is 0. The van der Waals surface area contributed by atoms with Gasteiger partial charge in [-0.2, -0.15) is 4.31 Å². The molecule has 0 spiro atoms. The summed E-state index contributed by atoms with van der Waals surface area (Å²) < 4.78 is 32.5. The molecule has 0 bridgehead atoms. The van der Waals surface area contributed by atoms with Gasteiger partial charge >= 0.3 is 5.69 Å². The van der Waals surface area contributed by atoms with Crippen molar-refractivity contribution in [3.63, 3.8) is 0 Å². The summed E-state index contributed by atoms with van der Waals surface area (Å²) >= 11 is 1.26. The number of benzene rings is 2. The lowest BCUT2D eigenvalue weighted by Crippen LogP contribution is -2.50. The van der Waals surface area contributed by atoms with Crippen LogP contribution >= 0.6 is 11.3 Å². The molecule has 0 saturated carbocycles. The molecule has 2 heterocycles. The minimum Gasteiger partial charge on any atom is -0.482 e. The Hall–Kier alpha value is -3.28. The summed E-state index contributed by atoms with van der Waals surface area (Å²) in [7, 11) is -3.58. The van der Waals surface area contributed by atoms with Crippen molar-refractivity contribution in [2.24, 2.45) is 0 Å². The number of hydrogen-bond donors (Lipinski definition) is 0. The van der Waals surface area contributed by atoms with Crippen LogP contribution in [0.3, 0.4) is 0 Å². The maximum absolute atomic E-state index is 12.9. The van der Waals surface area contributed by atoms with Gasteiger partial charge in [-0.3, -0.25) is 14.9 Å². The van der Waals surface area contributed by atoms with Crippen molar-refractivity contribution in [3.8, 4) is 5.75 Å². The number of carbonyl (C=O) groups is 1. The predicted octanol–water partition coefficient (Wildman–Crippen LogP) is 3.38. The van der Waals surface area contributed by atoms with Gasteiger partial charge in [-0.25, -0.2) is 8.42 Å². The van der Waals surface area contributed by atoms with Crippen molar-refractivity contribution in [2.45, 2.75) is 11.5 Å². The van der Waals surface area contributed by atoms with E-state index in [0.29, 0.717) is 18.0 Å². The van der Waals surface area contributed by atoms with E-state index in [-0.39, 0.29) is 41.9 Å².